The van der Waals surface area contributed by atoms with Crippen LogP contribution in [-0.2, 0) is 9.47 Å². The van der Waals surface area contributed by atoms with Gasteiger partial charge in [-0.25, -0.2) is 0 Å². The third-order valence-electron chi connectivity index (χ3n) is 4.65. The smallest absolute Gasteiger partial charge is 0.0940 e. The number of nitrogens with one attached hydrogen (secondary N) is 1. The van der Waals surface area contributed by atoms with Gasteiger partial charge in [-0.05, 0) is 50.2 Å². The minimum Gasteiger partial charge on any atom is -0.378 e. The van der Waals surface area contributed by atoms with E-state index >= 15 is 0 Å². The van der Waals surface area contributed by atoms with Crippen LogP contribution < -0.4 is 5.32 Å². The van der Waals surface area contributed by atoms with Crippen LogP contribution in [0.25, 0.3) is 0 Å². The van der Waals surface area contributed by atoms with Crippen LogP contribution >= 0.6 is 11.5 Å². The van der Waals surface area contributed by atoms with Crippen molar-refractivity contribution in [2.24, 2.45) is 5.92 Å². The second-order valence-corrected chi connectivity index (χ2v) is 7.03. The van der Waals surface area contributed by atoms with E-state index in [-0.39, 0.29) is 5.60 Å². The molecule has 0 bridgehead atoms. The molecule has 3 atom stereocenters. The SMILES string of the molecule is CCCNC(c1snnc1C)C1CCOC2(CCOC2)C1. The topological polar surface area (TPSA) is 56.3 Å². The van der Waals surface area contributed by atoms with Gasteiger partial charge < -0.3 is 14.8 Å². The summed E-state index contributed by atoms with van der Waals surface area (Å²) in [5.74, 6) is 0.577. The van der Waals surface area contributed by atoms with Crippen molar-refractivity contribution >= 4 is 11.5 Å². The van der Waals surface area contributed by atoms with Gasteiger partial charge in [-0.2, -0.15) is 0 Å². The molecule has 3 heterocycles. The van der Waals surface area contributed by atoms with E-state index in [1.54, 1.807) is 0 Å². The first-order valence-electron chi connectivity index (χ1n) is 7.98. The molecule has 3 unspecified atom stereocenters. The zero-order valence-corrected chi connectivity index (χ0v) is 13.7. The molecule has 2 saturated heterocycles. The summed E-state index contributed by atoms with van der Waals surface area (Å²) in [6.07, 6.45) is 4.34. The van der Waals surface area contributed by atoms with Gasteiger partial charge in [0.15, 0.2) is 0 Å². The van der Waals surface area contributed by atoms with Gasteiger partial charge in [0.05, 0.1) is 22.8 Å². The van der Waals surface area contributed by atoms with Crippen molar-refractivity contribution in [3.05, 3.63) is 10.6 Å². The second kappa shape index (κ2) is 6.69. The molecule has 2 aliphatic heterocycles. The highest BCUT2D eigenvalue weighted by Gasteiger charge is 2.43. The lowest BCUT2D eigenvalue weighted by Crippen LogP contribution is -2.44. The van der Waals surface area contributed by atoms with Crippen LogP contribution in [0.4, 0.5) is 0 Å². The van der Waals surface area contributed by atoms with E-state index in [1.165, 1.54) is 16.4 Å². The van der Waals surface area contributed by atoms with Crippen molar-refractivity contribution in [1.29, 1.82) is 0 Å². The molecule has 0 amide bonds. The Bertz CT molecular complexity index is 460. The van der Waals surface area contributed by atoms with Gasteiger partial charge in [-0.1, -0.05) is 11.4 Å². The summed E-state index contributed by atoms with van der Waals surface area (Å²) >= 11 is 1.54. The summed E-state index contributed by atoms with van der Waals surface area (Å²) < 4.78 is 15.8. The van der Waals surface area contributed by atoms with Crippen LogP contribution in [0.5, 0.6) is 0 Å². The Morgan fingerprint density at radius 1 is 1.48 bits per heavy atom. The Labute approximate surface area is 130 Å². The highest BCUT2D eigenvalue weighted by molar-refractivity contribution is 7.05. The van der Waals surface area contributed by atoms with Gasteiger partial charge in [0.2, 0.25) is 0 Å². The normalized spacial score (nSPS) is 30.9. The summed E-state index contributed by atoms with van der Waals surface area (Å²) in [6, 6.07) is 0.353. The molecular formula is C15H25N3O2S. The van der Waals surface area contributed by atoms with Crippen LogP contribution in [0.3, 0.4) is 0 Å². The largest absolute Gasteiger partial charge is 0.378 e. The summed E-state index contributed by atoms with van der Waals surface area (Å²) in [5.41, 5.74) is 1.03. The molecule has 118 valence electrons. The molecule has 2 aliphatic rings. The van der Waals surface area contributed by atoms with Gasteiger partial charge in [-0.3, -0.25) is 0 Å². The Hall–Kier alpha value is -0.560. The average molecular weight is 311 g/mol. The summed E-state index contributed by atoms with van der Waals surface area (Å²) in [7, 11) is 0. The maximum atomic E-state index is 6.08. The minimum absolute atomic E-state index is 0.0406. The van der Waals surface area contributed by atoms with E-state index in [0.717, 1.165) is 57.7 Å². The van der Waals surface area contributed by atoms with E-state index in [2.05, 4.69) is 28.8 Å². The molecule has 1 spiro atoms. The zero-order chi connectivity index (χ0) is 14.7. The molecule has 0 radical (unpaired) electrons. The minimum atomic E-state index is -0.0406. The Balaban J connectivity index is 1.77. The monoisotopic (exact) mass is 311 g/mol. The standard InChI is InChI=1S/C15H25N3O2S/c1-3-6-16-13(14-11(2)17-18-21-14)12-4-7-20-15(9-12)5-8-19-10-15/h12-13,16H,3-10H2,1-2H3. The summed E-state index contributed by atoms with van der Waals surface area (Å²) in [4.78, 5) is 1.30. The van der Waals surface area contributed by atoms with Crippen molar-refractivity contribution in [2.45, 2.75) is 51.2 Å². The quantitative estimate of drug-likeness (QED) is 0.905. The van der Waals surface area contributed by atoms with Gasteiger partial charge in [0.25, 0.3) is 0 Å². The van der Waals surface area contributed by atoms with Gasteiger partial charge >= 0.3 is 0 Å². The van der Waals surface area contributed by atoms with Crippen molar-refractivity contribution in [3.8, 4) is 0 Å². The van der Waals surface area contributed by atoms with Crippen molar-refractivity contribution in [3.63, 3.8) is 0 Å². The van der Waals surface area contributed by atoms with E-state index in [9.17, 15) is 0 Å². The first kappa shape index (κ1) is 15.3. The Kier molecular flexibility index (Phi) is 4.88. The molecule has 1 aromatic heterocycles. The second-order valence-electron chi connectivity index (χ2n) is 6.24. The van der Waals surface area contributed by atoms with Crippen LogP contribution in [0, 0.1) is 12.8 Å². The van der Waals surface area contributed by atoms with Crippen LogP contribution in [0.15, 0.2) is 0 Å². The van der Waals surface area contributed by atoms with E-state index < -0.39 is 0 Å². The zero-order valence-electron chi connectivity index (χ0n) is 12.9. The van der Waals surface area contributed by atoms with Gasteiger partial charge in [-0.15, -0.1) is 5.10 Å². The summed E-state index contributed by atoms with van der Waals surface area (Å²) in [5, 5.41) is 7.92. The molecule has 6 heteroatoms. The van der Waals surface area contributed by atoms with E-state index in [0.29, 0.717) is 12.0 Å². The molecule has 5 nitrogen and oxygen atoms in total. The molecule has 1 aromatic rings. The lowest BCUT2D eigenvalue weighted by molar-refractivity contribution is -0.103. The van der Waals surface area contributed by atoms with Gasteiger partial charge in [0, 0.05) is 25.7 Å². The molecular weight excluding hydrogens is 286 g/mol. The molecule has 3 rings (SSSR count). The van der Waals surface area contributed by atoms with Crippen molar-refractivity contribution < 1.29 is 9.47 Å². The number of aryl methyl sites for hydroxylation is 1. The van der Waals surface area contributed by atoms with E-state index in [4.69, 9.17) is 9.47 Å². The number of aromatic nitrogens is 2. The van der Waals surface area contributed by atoms with Crippen molar-refractivity contribution in [1.82, 2.24) is 14.9 Å². The lowest BCUT2D eigenvalue weighted by atomic mass is 9.80. The molecule has 0 saturated carbocycles. The first-order chi connectivity index (χ1) is 10.2. The predicted octanol–water partition coefficient (Wildman–Crippen LogP) is 2.47. The molecule has 0 aromatic carbocycles. The number of nitrogens with zero attached hydrogens (tertiary/aromatic N) is 2. The predicted molar refractivity (Wildman–Crippen MR) is 82.5 cm³/mol. The number of rotatable bonds is 5. The lowest BCUT2D eigenvalue weighted by Gasteiger charge is -2.40. The highest BCUT2D eigenvalue weighted by Crippen LogP contribution is 2.42. The molecule has 0 aliphatic carbocycles. The molecule has 1 N–H and O–H groups in total. The maximum absolute atomic E-state index is 6.08. The average Bonchev–Trinajstić information content (AvgIpc) is 3.10. The Morgan fingerprint density at radius 2 is 2.38 bits per heavy atom. The van der Waals surface area contributed by atoms with Crippen molar-refractivity contribution in [2.75, 3.05) is 26.4 Å². The fourth-order valence-electron chi connectivity index (χ4n) is 3.51. The third-order valence-corrected chi connectivity index (χ3v) is 5.56. The summed E-state index contributed by atoms with van der Waals surface area (Å²) in [6.45, 7) is 7.72. The fraction of sp³-hybridized carbons (Fsp3) is 0.867. The molecule has 21 heavy (non-hydrogen) atoms. The first-order valence-corrected chi connectivity index (χ1v) is 8.75. The fourth-order valence-corrected chi connectivity index (χ4v) is 4.32. The molecule has 2 fully saturated rings. The van der Waals surface area contributed by atoms with Crippen LogP contribution in [0.2, 0.25) is 0 Å². The van der Waals surface area contributed by atoms with Gasteiger partial charge in [0.1, 0.15) is 0 Å². The third kappa shape index (κ3) is 3.28. The highest BCUT2D eigenvalue weighted by atomic mass is 32.1. The Morgan fingerprint density at radius 3 is 3.05 bits per heavy atom. The van der Waals surface area contributed by atoms with E-state index in [1.807, 2.05) is 0 Å². The number of hydrogen-bond donors (Lipinski definition) is 1. The van der Waals surface area contributed by atoms with Crippen LogP contribution in [0.1, 0.15) is 49.2 Å². The number of ether oxygens (including phenoxy) is 2. The number of hydrogen-bond acceptors (Lipinski definition) is 6. The maximum Gasteiger partial charge on any atom is 0.0940 e. The van der Waals surface area contributed by atoms with Crippen LogP contribution in [-0.4, -0.2) is 41.6 Å².